The third kappa shape index (κ3) is 6.37. The molecule has 1 aromatic rings. The van der Waals surface area contributed by atoms with E-state index in [-0.39, 0.29) is 0 Å². The summed E-state index contributed by atoms with van der Waals surface area (Å²) in [4.78, 5) is 9.25. The lowest BCUT2D eigenvalue weighted by molar-refractivity contribution is -0.131. The molecule has 1 aliphatic heterocycles. The van der Waals surface area contributed by atoms with Crippen LogP contribution < -0.4 is 4.74 Å². The lowest BCUT2D eigenvalue weighted by atomic mass is 10.2. The number of benzene rings is 1. The van der Waals surface area contributed by atoms with Gasteiger partial charge in [0.25, 0.3) is 0 Å². The smallest absolute Gasteiger partial charge is 0.327 e. The van der Waals surface area contributed by atoms with Crippen LogP contribution in [0, 0.1) is 6.92 Å². The first kappa shape index (κ1) is 13.3. The van der Waals surface area contributed by atoms with E-state index in [2.05, 4.69) is 13.5 Å². The standard InChI is InChI=1S/C10H12O2.C3H4O2/c1-8-2-4-9(5-3-8)11-6-10-7-12-10;1-2-3(4)5/h2-5,10H,6-7H2,1H3;2H,1H2,(H,4,5). The van der Waals surface area contributed by atoms with Crippen molar-refractivity contribution in [2.75, 3.05) is 13.2 Å². The van der Waals surface area contributed by atoms with E-state index in [0.29, 0.717) is 12.7 Å². The number of hydrogen-bond acceptors (Lipinski definition) is 3. The molecule has 0 saturated carbocycles. The molecule has 2 rings (SSSR count). The summed E-state index contributed by atoms with van der Waals surface area (Å²) in [7, 11) is 0. The predicted octanol–water partition coefficient (Wildman–Crippen LogP) is 2.03. The average molecular weight is 236 g/mol. The van der Waals surface area contributed by atoms with Gasteiger partial charge in [-0.1, -0.05) is 24.3 Å². The van der Waals surface area contributed by atoms with E-state index in [9.17, 15) is 4.79 Å². The highest BCUT2D eigenvalue weighted by molar-refractivity contribution is 5.78. The van der Waals surface area contributed by atoms with Gasteiger partial charge in [0.15, 0.2) is 0 Å². The number of ether oxygens (including phenoxy) is 2. The summed E-state index contributed by atoms with van der Waals surface area (Å²) >= 11 is 0. The van der Waals surface area contributed by atoms with Crippen molar-refractivity contribution in [2.45, 2.75) is 13.0 Å². The SMILES string of the molecule is C=CC(=O)O.Cc1ccc(OCC2CO2)cc1. The number of carboxylic acids is 1. The van der Waals surface area contributed by atoms with Crippen molar-refractivity contribution in [1.82, 2.24) is 0 Å². The van der Waals surface area contributed by atoms with Crippen LogP contribution in [0.2, 0.25) is 0 Å². The summed E-state index contributed by atoms with van der Waals surface area (Å²) in [5.74, 6) is -0.0545. The fourth-order valence-electron chi connectivity index (χ4n) is 0.988. The third-order valence-electron chi connectivity index (χ3n) is 2.03. The van der Waals surface area contributed by atoms with Gasteiger partial charge in [-0.05, 0) is 19.1 Å². The van der Waals surface area contributed by atoms with Gasteiger partial charge < -0.3 is 14.6 Å². The molecular formula is C13H16O4. The fraction of sp³-hybridized carbons (Fsp3) is 0.308. The van der Waals surface area contributed by atoms with Gasteiger partial charge in [-0.2, -0.15) is 0 Å². The maximum atomic E-state index is 9.25. The molecular weight excluding hydrogens is 220 g/mol. The molecule has 0 spiro atoms. The Hall–Kier alpha value is -1.81. The van der Waals surface area contributed by atoms with Crippen molar-refractivity contribution < 1.29 is 19.4 Å². The topological polar surface area (TPSA) is 59.1 Å². The van der Waals surface area contributed by atoms with Crippen LogP contribution in [0.25, 0.3) is 0 Å². The first-order chi connectivity index (χ1) is 8.11. The highest BCUT2D eigenvalue weighted by atomic mass is 16.6. The first-order valence-electron chi connectivity index (χ1n) is 5.28. The van der Waals surface area contributed by atoms with E-state index in [0.717, 1.165) is 18.4 Å². The number of hydrogen-bond donors (Lipinski definition) is 1. The molecule has 0 aliphatic carbocycles. The van der Waals surface area contributed by atoms with E-state index in [1.165, 1.54) is 5.56 Å². The molecule has 17 heavy (non-hydrogen) atoms. The number of aryl methyl sites for hydroxylation is 1. The monoisotopic (exact) mass is 236 g/mol. The molecule has 1 fully saturated rings. The molecule has 0 amide bonds. The predicted molar refractivity (Wildman–Crippen MR) is 64.2 cm³/mol. The second kappa shape index (κ2) is 6.70. The van der Waals surface area contributed by atoms with Gasteiger partial charge in [0, 0.05) is 6.08 Å². The van der Waals surface area contributed by atoms with E-state index in [4.69, 9.17) is 14.6 Å². The Morgan fingerprint density at radius 2 is 2.12 bits per heavy atom. The Kier molecular flexibility index (Phi) is 5.23. The maximum Gasteiger partial charge on any atom is 0.327 e. The molecule has 4 heteroatoms. The molecule has 1 atom stereocenters. The summed E-state index contributed by atoms with van der Waals surface area (Å²) in [5.41, 5.74) is 1.25. The molecule has 0 radical (unpaired) electrons. The van der Waals surface area contributed by atoms with Gasteiger partial charge >= 0.3 is 5.97 Å². The van der Waals surface area contributed by atoms with Crippen molar-refractivity contribution in [3.05, 3.63) is 42.5 Å². The van der Waals surface area contributed by atoms with Crippen LogP contribution in [0.15, 0.2) is 36.9 Å². The molecule has 1 heterocycles. The van der Waals surface area contributed by atoms with Gasteiger partial charge in [-0.25, -0.2) is 4.79 Å². The first-order valence-corrected chi connectivity index (χ1v) is 5.28. The Labute approximate surface area is 100 Å². The Morgan fingerprint density at radius 3 is 2.53 bits per heavy atom. The lowest BCUT2D eigenvalue weighted by Crippen LogP contribution is -2.03. The largest absolute Gasteiger partial charge is 0.491 e. The molecule has 92 valence electrons. The highest BCUT2D eigenvalue weighted by Gasteiger charge is 2.22. The lowest BCUT2D eigenvalue weighted by Gasteiger charge is -2.03. The summed E-state index contributed by atoms with van der Waals surface area (Å²) in [6.07, 6.45) is 1.17. The van der Waals surface area contributed by atoms with Crippen LogP contribution in [0.3, 0.4) is 0 Å². The van der Waals surface area contributed by atoms with Gasteiger partial charge in [0.2, 0.25) is 0 Å². The Morgan fingerprint density at radius 1 is 1.59 bits per heavy atom. The molecule has 4 nitrogen and oxygen atoms in total. The van der Waals surface area contributed by atoms with E-state index in [1.807, 2.05) is 24.3 Å². The van der Waals surface area contributed by atoms with Crippen LogP contribution in [0.1, 0.15) is 5.56 Å². The van der Waals surface area contributed by atoms with Crippen molar-refractivity contribution in [3.8, 4) is 5.75 Å². The minimum Gasteiger partial charge on any atom is -0.491 e. The zero-order chi connectivity index (χ0) is 12.7. The van der Waals surface area contributed by atoms with Crippen LogP contribution in [-0.4, -0.2) is 30.4 Å². The fourth-order valence-corrected chi connectivity index (χ4v) is 0.988. The third-order valence-corrected chi connectivity index (χ3v) is 2.03. The van der Waals surface area contributed by atoms with E-state index in [1.54, 1.807) is 0 Å². The number of carbonyl (C=O) groups is 1. The van der Waals surface area contributed by atoms with Crippen molar-refractivity contribution in [2.24, 2.45) is 0 Å². The minimum absolute atomic E-state index is 0.339. The molecule has 1 saturated heterocycles. The zero-order valence-corrected chi connectivity index (χ0v) is 9.76. The van der Waals surface area contributed by atoms with Crippen LogP contribution in [0.5, 0.6) is 5.75 Å². The molecule has 0 bridgehead atoms. The van der Waals surface area contributed by atoms with E-state index >= 15 is 0 Å². The summed E-state index contributed by atoms with van der Waals surface area (Å²) < 4.78 is 10.5. The van der Waals surface area contributed by atoms with Gasteiger partial charge in [0.05, 0.1) is 6.61 Å². The number of rotatable bonds is 4. The number of epoxide rings is 1. The summed E-state index contributed by atoms with van der Waals surface area (Å²) in [6, 6.07) is 8.06. The average Bonchev–Trinajstić information content (AvgIpc) is 3.13. The molecule has 1 aliphatic rings. The normalized spacial score (nSPS) is 16.4. The molecule has 0 aromatic heterocycles. The second-order valence-corrected chi connectivity index (χ2v) is 3.62. The van der Waals surface area contributed by atoms with E-state index < -0.39 is 5.97 Å². The van der Waals surface area contributed by atoms with Crippen molar-refractivity contribution >= 4 is 5.97 Å². The zero-order valence-electron chi connectivity index (χ0n) is 9.76. The van der Waals surface area contributed by atoms with Gasteiger partial charge in [0.1, 0.15) is 18.5 Å². The molecule has 1 aromatic carbocycles. The summed E-state index contributed by atoms with van der Waals surface area (Å²) in [6.45, 7) is 6.56. The number of aliphatic carboxylic acids is 1. The van der Waals surface area contributed by atoms with Crippen molar-refractivity contribution in [1.29, 1.82) is 0 Å². The second-order valence-electron chi connectivity index (χ2n) is 3.62. The summed E-state index contributed by atoms with van der Waals surface area (Å²) in [5, 5.41) is 7.60. The van der Waals surface area contributed by atoms with Crippen LogP contribution >= 0.6 is 0 Å². The van der Waals surface area contributed by atoms with Crippen LogP contribution in [-0.2, 0) is 9.53 Å². The van der Waals surface area contributed by atoms with Gasteiger partial charge in [-0.3, -0.25) is 0 Å². The minimum atomic E-state index is -0.981. The highest BCUT2D eigenvalue weighted by Crippen LogP contribution is 2.15. The quantitative estimate of drug-likeness (QED) is 0.642. The molecule has 1 N–H and O–H groups in total. The van der Waals surface area contributed by atoms with Gasteiger partial charge in [-0.15, -0.1) is 0 Å². The van der Waals surface area contributed by atoms with Crippen molar-refractivity contribution in [3.63, 3.8) is 0 Å². The Balaban J connectivity index is 0.000000249. The Bertz CT molecular complexity index is 366. The van der Waals surface area contributed by atoms with Crippen LogP contribution in [0.4, 0.5) is 0 Å². The molecule has 1 unspecified atom stereocenters. The number of carboxylic acid groups (broad SMARTS) is 1. The maximum absolute atomic E-state index is 9.25.